The van der Waals surface area contributed by atoms with Gasteiger partial charge in [-0.1, -0.05) is 11.6 Å². The van der Waals surface area contributed by atoms with Crippen molar-refractivity contribution in [3.63, 3.8) is 0 Å². The van der Waals surface area contributed by atoms with Crippen LogP contribution in [0.1, 0.15) is 18.3 Å². The highest BCUT2D eigenvalue weighted by atomic mass is 35.5. The maximum Gasteiger partial charge on any atom is 0.179 e. The Hall–Kier alpha value is -2.25. The summed E-state index contributed by atoms with van der Waals surface area (Å²) < 4.78 is 7.50. The van der Waals surface area contributed by atoms with E-state index in [9.17, 15) is 0 Å². The molecule has 0 N–H and O–H groups in total. The Bertz CT molecular complexity index is 837. The predicted octanol–water partition coefficient (Wildman–Crippen LogP) is 2.14. The molecular weight excluding hydrogens is 316 g/mol. The van der Waals surface area contributed by atoms with Gasteiger partial charge in [-0.25, -0.2) is 4.98 Å². The third kappa shape index (κ3) is 2.42. The average molecular weight is 331 g/mol. The first-order valence-electron chi connectivity index (χ1n) is 7.32. The van der Waals surface area contributed by atoms with Gasteiger partial charge < -0.3 is 9.64 Å². The Morgan fingerprint density at radius 2 is 2.22 bits per heavy atom. The van der Waals surface area contributed by atoms with E-state index >= 15 is 0 Å². The minimum Gasteiger partial charge on any atom is -0.380 e. The highest BCUT2D eigenvalue weighted by molar-refractivity contribution is 6.32. The van der Waals surface area contributed by atoms with Crippen LogP contribution in [0.25, 0.3) is 5.65 Å². The molecule has 3 aromatic rings. The Labute approximate surface area is 137 Å². The monoisotopic (exact) mass is 330 g/mol. The van der Waals surface area contributed by atoms with Gasteiger partial charge in [0.05, 0.1) is 23.4 Å². The lowest BCUT2D eigenvalue weighted by Crippen LogP contribution is -2.27. The molecule has 3 aromatic heterocycles. The summed E-state index contributed by atoms with van der Waals surface area (Å²) in [5.41, 5.74) is 0.718. The molecule has 0 unspecified atom stereocenters. The van der Waals surface area contributed by atoms with Crippen molar-refractivity contribution in [2.45, 2.75) is 18.6 Å². The Morgan fingerprint density at radius 1 is 1.30 bits per heavy atom. The summed E-state index contributed by atoms with van der Waals surface area (Å²) in [6, 6.07) is 3.65. The molecule has 1 aliphatic heterocycles. The third-order valence-corrected chi connectivity index (χ3v) is 4.44. The van der Waals surface area contributed by atoms with Crippen molar-refractivity contribution in [3.8, 4) is 0 Å². The molecular formula is C15H15ClN6O. The number of ether oxygens (including phenoxy) is 1. The molecule has 8 heteroatoms. The van der Waals surface area contributed by atoms with Crippen molar-refractivity contribution in [1.29, 1.82) is 0 Å². The van der Waals surface area contributed by atoms with E-state index in [0.29, 0.717) is 11.6 Å². The molecule has 0 aromatic carbocycles. The summed E-state index contributed by atoms with van der Waals surface area (Å²) in [5.74, 6) is 1.58. The first-order valence-corrected chi connectivity index (χ1v) is 7.70. The molecule has 0 radical (unpaired) electrons. The van der Waals surface area contributed by atoms with Gasteiger partial charge in [-0.15, -0.1) is 10.2 Å². The molecule has 0 aliphatic carbocycles. The molecule has 0 amide bonds. The van der Waals surface area contributed by atoms with Crippen LogP contribution in [0.3, 0.4) is 0 Å². The molecule has 2 atom stereocenters. The van der Waals surface area contributed by atoms with Crippen LogP contribution >= 0.6 is 11.6 Å². The fraction of sp³-hybridized carbons (Fsp3) is 0.333. The van der Waals surface area contributed by atoms with Crippen LogP contribution in [0, 0.1) is 0 Å². The van der Waals surface area contributed by atoms with E-state index in [1.54, 1.807) is 25.7 Å². The van der Waals surface area contributed by atoms with Crippen LogP contribution in [0.15, 0.2) is 36.9 Å². The Kier molecular flexibility index (Phi) is 3.59. The highest BCUT2D eigenvalue weighted by Gasteiger charge is 2.37. The van der Waals surface area contributed by atoms with Crippen LogP contribution < -0.4 is 4.90 Å². The zero-order valence-electron chi connectivity index (χ0n) is 12.5. The van der Waals surface area contributed by atoms with E-state index in [4.69, 9.17) is 16.3 Å². The van der Waals surface area contributed by atoms with Gasteiger partial charge in [0.2, 0.25) is 0 Å². The first kappa shape index (κ1) is 14.3. The number of rotatable bonds is 3. The lowest BCUT2D eigenvalue weighted by atomic mass is 10.2. The molecule has 4 heterocycles. The third-order valence-electron chi connectivity index (χ3n) is 4.15. The Morgan fingerprint density at radius 3 is 3.04 bits per heavy atom. The molecule has 0 bridgehead atoms. The lowest BCUT2D eigenvalue weighted by molar-refractivity contribution is 0.118. The molecule has 1 fully saturated rings. The Balaban J connectivity index is 1.80. The summed E-state index contributed by atoms with van der Waals surface area (Å²) in [7, 11) is 1.72. The topological polar surface area (TPSA) is 68.4 Å². The number of fused-ring (bicyclic) bond motifs is 1. The summed E-state index contributed by atoms with van der Waals surface area (Å²) in [6.45, 7) is 0.706. The molecule has 0 spiro atoms. The SMILES string of the molecule is CO[C@@H]1C[C@@H](c2nnc3cnccn23)N(c2ncccc2Cl)C1. The predicted molar refractivity (Wildman–Crippen MR) is 85.5 cm³/mol. The van der Waals surface area contributed by atoms with Crippen molar-refractivity contribution in [1.82, 2.24) is 24.6 Å². The van der Waals surface area contributed by atoms with Crippen LogP contribution in [-0.2, 0) is 4.74 Å². The number of aromatic nitrogens is 5. The number of halogens is 1. The van der Waals surface area contributed by atoms with Crippen LogP contribution in [0.2, 0.25) is 5.02 Å². The molecule has 0 saturated carbocycles. The number of methoxy groups -OCH3 is 1. The van der Waals surface area contributed by atoms with Gasteiger partial charge in [-0.2, -0.15) is 0 Å². The minimum absolute atomic E-state index is 0.00949. The van der Waals surface area contributed by atoms with Gasteiger partial charge in [0.15, 0.2) is 11.5 Å². The molecule has 23 heavy (non-hydrogen) atoms. The largest absolute Gasteiger partial charge is 0.380 e. The van der Waals surface area contributed by atoms with E-state index in [1.165, 1.54) is 0 Å². The zero-order valence-corrected chi connectivity index (χ0v) is 13.3. The minimum atomic E-state index is -0.00949. The zero-order chi connectivity index (χ0) is 15.8. The number of anilines is 1. The van der Waals surface area contributed by atoms with Gasteiger partial charge in [-0.3, -0.25) is 9.38 Å². The second-order valence-electron chi connectivity index (χ2n) is 5.43. The molecule has 4 rings (SSSR count). The smallest absolute Gasteiger partial charge is 0.179 e. The summed E-state index contributed by atoms with van der Waals surface area (Å²) in [6.07, 6.45) is 7.91. The van der Waals surface area contributed by atoms with Crippen LogP contribution in [-0.4, -0.2) is 44.3 Å². The van der Waals surface area contributed by atoms with Crippen molar-refractivity contribution in [2.24, 2.45) is 0 Å². The van der Waals surface area contributed by atoms with Gasteiger partial charge in [0.25, 0.3) is 0 Å². The molecule has 118 valence electrons. The first-order chi connectivity index (χ1) is 11.3. The lowest BCUT2D eigenvalue weighted by Gasteiger charge is -2.24. The number of pyridine rings is 1. The van der Waals surface area contributed by atoms with Gasteiger partial charge in [0, 0.05) is 38.7 Å². The van der Waals surface area contributed by atoms with Crippen molar-refractivity contribution >= 4 is 23.1 Å². The van der Waals surface area contributed by atoms with Crippen LogP contribution in [0.5, 0.6) is 0 Å². The standard InChI is InChI=1S/C15H15ClN6O/c1-23-10-7-12(15-20-19-13-8-17-5-6-21(13)15)22(9-10)14-11(16)3-2-4-18-14/h2-6,8,10,12H,7,9H2,1H3/t10-,12+/m1/s1. The van der Waals surface area contributed by atoms with E-state index in [-0.39, 0.29) is 12.1 Å². The normalized spacial score (nSPS) is 21.2. The summed E-state index contributed by atoms with van der Waals surface area (Å²) in [5, 5.41) is 9.17. The molecule has 1 saturated heterocycles. The van der Waals surface area contributed by atoms with E-state index in [2.05, 4.69) is 25.1 Å². The van der Waals surface area contributed by atoms with Gasteiger partial charge in [-0.05, 0) is 12.1 Å². The average Bonchev–Trinajstić information content (AvgIpc) is 3.18. The van der Waals surface area contributed by atoms with Crippen molar-refractivity contribution < 1.29 is 4.74 Å². The fourth-order valence-electron chi connectivity index (χ4n) is 3.03. The number of nitrogens with zero attached hydrogens (tertiary/aromatic N) is 6. The summed E-state index contributed by atoms with van der Waals surface area (Å²) >= 11 is 6.34. The second kappa shape index (κ2) is 5.75. The number of hydrogen-bond acceptors (Lipinski definition) is 6. The molecule has 7 nitrogen and oxygen atoms in total. The van der Waals surface area contributed by atoms with E-state index < -0.39 is 0 Å². The van der Waals surface area contributed by atoms with Gasteiger partial charge in [0.1, 0.15) is 5.82 Å². The van der Waals surface area contributed by atoms with E-state index in [1.807, 2.05) is 22.7 Å². The van der Waals surface area contributed by atoms with Crippen molar-refractivity contribution in [2.75, 3.05) is 18.6 Å². The molecule has 1 aliphatic rings. The second-order valence-corrected chi connectivity index (χ2v) is 5.84. The van der Waals surface area contributed by atoms with Crippen LogP contribution in [0.4, 0.5) is 5.82 Å². The van der Waals surface area contributed by atoms with Gasteiger partial charge >= 0.3 is 0 Å². The maximum absolute atomic E-state index is 6.34. The van der Waals surface area contributed by atoms with E-state index in [0.717, 1.165) is 23.7 Å². The fourth-order valence-corrected chi connectivity index (χ4v) is 3.26. The highest BCUT2D eigenvalue weighted by Crippen LogP contribution is 2.38. The maximum atomic E-state index is 6.34. The number of hydrogen-bond donors (Lipinski definition) is 0. The van der Waals surface area contributed by atoms with Crippen molar-refractivity contribution in [3.05, 3.63) is 47.8 Å². The summed E-state index contributed by atoms with van der Waals surface area (Å²) in [4.78, 5) is 10.7. The quantitative estimate of drug-likeness (QED) is 0.733.